The molecular weight excluding hydrogens is 281 g/mol. The number of amides is 1. The first-order valence-electron chi connectivity index (χ1n) is 7.97. The lowest BCUT2D eigenvalue weighted by Crippen LogP contribution is -2.42. The number of hydrogen-bond donors (Lipinski definition) is 2. The highest BCUT2D eigenvalue weighted by atomic mass is 19.1. The summed E-state index contributed by atoms with van der Waals surface area (Å²) in [4.78, 5) is 14.2. The van der Waals surface area contributed by atoms with Crippen LogP contribution in [-0.4, -0.2) is 44.0 Å². The van der Waals surface area contributed by atoms with E-state index >= 15 is 0 Å². The van der Waals surface area contributed by atoms with Crippen LogP contribution in [0.25, 0.3) is 0 Å². The van der Waals surface area contributed by atoms with Gasteiger partial charge in [0, 0.05) is 6.54 Å². The van der Waals surface area contributed by atoms with E-state index in [2.05, 4.69) is 15.5 Å². The summed E-state index contributed by atoms with van der Waals surface area (Å²) in [5.41, 5.74) is 1.42. The molecule has 0 aromatic heterocycles. The third-order valence-corrected chi connectivity index (χ3v) is 4.29. The van der Waals surface area contributed by atoms with Gasteiger partial charge in [0.15, 0.2) is 0 Å². The van der Waals surface area contributed by atoms with Gasteiger partial charge in [-0.3, -0.25) is 9.69 Å². The number of aryl methyl sites for hydroxylation is 1. The normalized spacial score (nSPS) is 16.7. The number of carbonyl (C=O) groups is 1. The molecule has 1 aromatic carbocycles. The van der Waals surface area contributed by atoms with Gasteiger partial charge in [0.05, 0.1) is 6.54 Å². The molecule has 0 atom stereocenters. The van der Waals surface area contributed by atoms with Crippen molar-refractivity contribution in [1.29, 1.82) is 0 Å². The molecule has 0 unspecified atom stereocenters. The maximum absolute atomic E-state index is 13.4. The highest BCUT2D eigenvalue weighted by molar-refractivity contribution is 5.78. The van der Waals surface area contributed by atoms with Gasteiger partial charge in [0.1, 0.15) is 5.82 Å². The minimum Gasteiger partial charge on any atom is -0.351 e. The fraction of sp³-hybridized carbons (Fsp3) is 0.588. The van der Waals surface area contributed by atoms with Gasteiger partial charge >= 0.3 is 0 Å². The number of nitrogens with one attached hydrogen (secondary N) is 2. The van der Waals surface area contributed by atoms with Crippen molar-refractivity contribution in [3.8, 4) is 0 Å². The monoisotopic (exact) mass is 307 g/mol. The Bertz CT molecular complexity index is 499. The summed E-state index contributed by atoms with van der Waals surface area (Å²) >= 11 is 0. The predicted molar refractivity (Wildman–Crippen MR) is 86.1 cm³/mol. The molecule has 5 heteroatoms. The van der Waals surface area contributed by atoms with E-state index in [0.29, 0.717) is 18.7 Å². The Morgan fingerprint density at radius 1 is 1.36 bits per heavy atom. The molecule has 2 N–H and O–H groups in total. The molecule has 1 aliphatic heterocycles. The highest BCUT2D eigenvalue weighted by Crippen LogP contribution is 2.15. The lowest BCUT2D eigenvalue weighted by molar-refractivity contribution is -0.122. The third kappa shape index (κ3) is 5.07. The van der Waals surface area contributed by atoms with Crippen LogP contribution in [0.5, 0.6) is 0 Å². The SMILES string of the molecule is CNCC1CCN(CC(=O)NCc2ccc(C)c(F)c2)CC1. The lowest BCUT2D eigenvalue weighted by atomic mass is 9.97. The molecule has 0 radical (unpaired) electrons. The number of piperidine rings is 1. The maximum atomic E-state index is 13.4. The van der Waals surface area contributed by atoms with Crippen molar-refractivity contribution in [2.24, 2.45) is 5.92 Å². The zero-order valence-electron chi connectivity index (χ0n) is 13.5. The smallest absolute Gasteiger partial charge is 0.234 e. The van der Waals surface area contributed by atoms with E-state index < -0.39 is 0 Å². The van der Waals surface area contributed by atoms with Crippen molar-refractivity contribution in [2.45, 2.75) is 26.3 Å². The van der Waals surface area contributed by atoms with Crippen molar-refractivity contribution < 1.29 is 9.18 Å². The minimum absolute atomic E-state index is 0.00745. The van der Waals surface area contributed by atoms with E-state index in [-0.39, 0.29) is 11.7 Å². The maximum Gasteiger partial charge on any atom is 0.234 e. The fourth-order valence-corrected chi connectivity index (χ4v) is 2.84. The van der Waals surface area contributed by atoms with Crippen LogP contribution in [0, 0.1) is 18.7 Å². The van der Waals surface area contributed by atoms with E-state index in [4.69, 9.17) is 0 Å². The molecule has 4 nitrogen and oxygen atoms in total. The van der Waals surface area contributed by atoms with E-state index in [1.165, 1.54) is 6.07 Å². The summed E-state index contributed by atoms with van der Waals surface area (Å²) < 4.78 is 13.4. The van der Waals surface area contributed by atoms with Crippen LogP contribution in [0.15, 0.2) is 18.2 Å². The summed E-state index contributed by atoms with van der Waals surface area (Å²) in [6, 6.07) is 5.07. The summed E-state index contributed by atoms with van der Waals surface area (Å²) in [6.45, 7) is 5.54. The number of benzene rings is 1. The minimum atomic E-state index is -0.224. The van der Waals surface area contributed by atoms with Crippen LogP contribution in [0.1, 0.15) is 24.0 Å². The molecule has 2 rings (SSSR count). The number of hydrogen-bond acceptors (Lipinski definition) is 3. The first-order chi connectivity index (χ1) is 10.6. The molecule has 0 aliphatic carbocycles. The Kier molecular flexibility index (Phi) is 6.34. The zero-order valence-corrected chi connectivity index (χ0v) is 13.5. The van der Waals surface area contributed by atoms with Crippen LogP contribution < -0.4 is 10.6 Å². The Labute approximate surface area is 132 Å². The van der Waals surface area contributed by atoms with Gasteiger partial charge in [-0.15, -0.1) is 0 Å². The van der Waals surface area contributed by atoms with Crippen molar-refractivity contribution in [3.05, 3.63) is 35.1 Å². The van der Waals surface area contributed by atoms with Crippen LogP contribution in [0.4, 0.5) is 4.39 Å². The van der Waals surface area contributed by atoms with Crippen molar-refractivity contribution >= 4 is 5.91 Å². The highest BCUT2D eigenvalue weighted by Gasteiger charge is 2.20. The van der Waals surface area contributed by atoms with Crippen LogP contribution >= 0.6 is 0 Å². The number of halogens is 1. The first-order valence-corrected chi connectivity index (χ1v) is 7.97. The second-order valence-corrected chi connectivity index (χ2v) is 6.14. The molecule has 0 saturated carbocycles. The third-order valence-electron chi connectivity index (χ3n) is 4.29. The van der Waals surface area contributed by atoms with Gasteiger partial charge in [0.25, 0.3) is 0 Å². The molecule has 1 heterocycles. The van der Waals surface area contributed by atoms with E-state index in [9.17, 15) is 9.18 Å². The molecule has 1 amide bonds. The fourth-order valence-electron chi connectivity index (χ4n) is 2.84. The first kappa shape index (κ1) is 16.9. The van der Waals surface area contributed by atoms with Crippen molar-refractivity contribution in [2.75, 3.05) is 33.2 Å². The Hall–Kier alpha value is -1.46. The number of rotatable bonds is 6. The molecule has 1 fully saturated rings. The van der Waals surface area contributed by atoms with Crippen molar-refractivity contribution in [3.63, 3.8) is 0 Å². The van der Waals surface area contributed by atoms with Gasteiger partial charge in [-0.2, -0.15) is 0 Å². The molecule has 122 valence electrons. The zero-order chi connectivity index (χ0) is 15.9. The number of nitrogens with zero attached hydrogens (tertiary/aromatic N) is 1. The second kappa shape index (κ2) is 8.25. The Morgan fingerprint density at radius 3 is 2.73 bits per heavy atom. The summed E-state index contributed by atoms with van der Waals surface area (Å²) in [5.74, 6) is 0.506. The summed E-state index contributed by atoms with van der Waals surface area (Å²) in [7, 11) is 1.98. The number of carbonyl (C=O) groups excluding carboxylic acids is 1. The second-order valence-electron chi connectivity index (χ2n) is 6.14. The van der Waals surface area contributed by atoms with E-state index in [1.807, 2.05) is 13.1 Å². The van der Waals surface area contributed by atoms with Gasteiger partial charge in [-0.25, -0.2) is 4.39 Å². The van der Waals surface area contributed by atoms with Crippen LogP contribution in [0.3, 0.4) is 0 Å². The average Bonchev–Trinajstić information content (AvgIpc) is 2.51. The molecule has 1 aliphatic rings. The predicted octanol–water partition coefficient (Wildman–Crippen LogP) is 1.68. The largest absolute Gasteiger partial charge is 0.351 e. The molecule has 1 saturated heterocycles. The molecule has 0 bridgehead atoms. The Balaban J connectivity index is 1.71. The number of likely N-dealkylation sites (tertiary alicyclic amines) is 1. The van der Waals surface area contributed by atoms with Gasteiger partial charge in [-0.05, 0) is 69.6 Å². The van der Waals surface area contributed by atoms with E-state index in [1.54, 1.807) is 13.0 Å². The van der Waals surface area contributed by atoms with Crippen molar-refractivity contribution in [1.82, 2.24) is 15.5 Å². The quantitative estimate of drug-likeness (QED) is 0.840. The molecule has 22 heavy (non-hydrogen) atoms. The molecule has 0 spiro atoms. The average molecular weight is 307 g/mol. The van der Waals surface area contributed by atoms with Gasteiger partial charge in [-0.1, -0.05) is 12.1 Å². The molecule has 1 aromatic rings. The van der Waals surface area contributed by atoms with Crippen LogP contribution in [-0.2, 0) is 11.3 Å². The molecular formula is C17H26FN3O. The Morgan fingerprint density at radius 2 is 2.09 bits per heavy atom. The van der Waals surface area contributed by atoms with Gasteiger partial charge in [0.2, 0.25) is 5.91 Å². The van der Waals surface area contributed by atoms with E-state index in [0.717, 1.165) is 44.0 Å². The summed E-state index contributed by atoms with van der Waals surface area (Å²) in [6.07, 6.45) is 2.27. The van der Waals surface area contributed by atoms with Gasteiger partial charge < -0.3 is 10.6 Å². The summed E-state index contributed by atoms with van der Waals surface area (Å²) in [5, 5.41) is 6.08. The van der Waals surface area contributed by atoms with Crippen LogP contribution in [0.2, 0.25) is 0 Å². The lowest BCUT2D eigenvalue weighted by Gasteiger charge is -2.31. The standard InChI is InChI=1S/C17H26FN3O/c1-13-3-4-15(9-16(13)18)11-20-17(22)12-21-7-5-14(6-8-21)10-19-2/h3-4,9,14,19H,5-8,10-12H2,1-2H3,(H,20,22). The topological polar surface area (TPSA) is 44.4 Å².